The number of amides is 4. The molecule has 1 saturated heterocycles. The second-order valence-corrected chi connectivity index (χ2v) is 14.5. The molecule has 54 heavy (non-hydrogen) atoms. The van der Waals surface area contributed by atoms with Gasteiger partial charge in [0.2, 0.25) is 5.91 Å². The van der Waals surface area contributed by atoms with E-state index in [0.29, 0.717) is 31.7 Å². The van der Waals surface area contributed by atoms with Gasteiger partial charge in [-0.2, -0.15) is 0 Å². The Bertz CT molecular complexity index is 1650. The molecule has 282 valence electrons. The first-order valence-electron chi connectivity index (χ1n) is 17.5. The maximum atomic E-state index is 14.1. The van der Waals surface area contributed by atoms with Crippen LogP contribution in [0.1, 0.15) is 48.9 Å². The molecule has 0 saturated carbocycles. The Balaban J connectivity index is 0.00000504. The second-order valence-electron chi connectivity index (χ2n) is 13.4. The van der Waals surface area contributed by atoms with Crippen LogP contribution in [0.2, 0.25) is 0 Å². The zero-order valence-electron chi connectivity index (χ0n) is 32.1. The van der Waals surface area contributed by atoms with E-state index in [1.54, 1.807) is 4.90 Å². The van der Waals surface area contributed by atoms with Crippen LogP contribution in [0.25, 0.3) is 0 Å². The Morgan fingerprint density at radius 2 is 1.48 bits per heavy atom. The molecular weight excluding hydrogens is 733 g/mol. The Labute approximate surface area is 362 Å². The van der Waals surface area contributed by atoms with Gasteiger partial charge in [-0.3, -0.25) is 9.59 Å². The SMILES string of the molecule is Cc1cccc(C)c1OCC(=O)N[C@@H](Cc1ccccc1)[C@H](C[C@@H](Cc1ccccc1)NC(=O)[C@H](C(C)C)N1CCCNC1=O)OCOP(=O)([O-])[O-].[Na+].[Na+]. The van der Waals surface area contributed by atoms with Gasteiger partial charge in [-0.15, -0.1) is 0 Å². The van der Waals surface area contributed by atoms with Crippen LogP contribution < -0.4 is 89.6 Å². The molecule has 1 heterocycles. The monoisotopic (exact) mass is 782 g/mol. The van der Waals surface area contributed by atoms with Gasteiger partial charge in [-0.05, 0) is 67.7 Å². The van der Waals surface area contributed by atoms with Gasteiger partial charge in [-0.1, -0.05) is 92.7 Å². The van der Waals surface area contributed by atoms with E-state index in [1.807, 2.05) is 107 Å². The number of rotatable bonds is 19. The van der Waals surface area contributed by atoms with Crippen LogP contribution in [0.15, 0.2) is 78.9 Å². The van der Waals surface area contributed by atoms with E-state index in [2.05, 4.69) is 20.5 Å². The predicted molar refractivity (Wildman–Crippen MR) is 192 cm³/mol. The van der Waals surface area contributed by atoms with E-state index in [0.717, 1.165) is 22.3 Å². The third-order valence-electron chi connectivity index (χ3n) is 8.88. The van der Waals surface area contributed by atoms with Gasteiger partial charge in [0.15, 0.2) is 13.4 Å². The minimum Gasteiger partial charge on any atom is -0.790 e. The summed E-state index contributed by atoms with van der Waals surface area (Å²) < 4.78 is 27.8. The van der Waals surface area contributed by atoms with Gasteiger partial charge >= 0.3 is 65.1 Å². The van der Waals surface area contributed by atoms with E-state index in [1.165, 1.54) is 0 Å². The van der Waals surface area contributed by atoms with Crippen molar-refractivity contribution in [3.63, 3.8) is 0 Å². The van der Waals surface area contributed by atoms with Crippen molar-refractivity contribution in [2.24, 2.45) is 5.92 Å². The van der Waals surface area contributed by atoms with Crippen molar-refractivity contribution in [1.29, 1.82) is 0 Å². The third kappa shape index (κ3) is 15.7. The van der Waals surface area contributed by atoms with E-state index in [9.17, 15) is 28.7 Å². The molecule has 1 fully saturated rings. The predicted octanol–water partition coefficient (Wildman–Crippen LogP) is -2.84. The first-order valence-corrected chi connectivity index (χ1v) is 19.0. The smallest absolute Gasteiger partial charge is 0.790 e. The summed E-state index contributed by atoms with van der Waals surface area (Å²) in [5.41, 5.74) is 3.48. The number of nitrogens with zero attached hydrogens (tertiary/aromatic N) is 1. The zero-order valence-corrected chi connectivity index (χ0v) is 37.0. The number of phosphoric acid groups is 1. The molecular formula is C38H49N4Na2O9P. The van der Waals surface area contributed by atoms with Gasteiger partial charge < -0.3 is 49.2 Å². The van der Waals surface area contributed by atoms with E-state index in [4.69, 9.17) is 9.47 Å². The number of nitrogens with one attached hydrogen (secondary N) is 3. The largest absolute Gasteiger partial charge is 1.00 e. The summed E-state index contributed by atoms with van der Waals surface area (Å²) in [5.74, 6) is -0.451. The Hall–Kier alpha value is -2.26. The number of phosphoric ester groups is 1. The Morgan fingerprint density at radius 1 is 0.889 bits per heavy atom. The minimum absolute atomic E-state index is 0. The number of carbonyl (C=O) groups is 3. The van der Waals surface area contributed by atoms with Crippen molar-refractivity contribution in [2.75, 3.05) is 26.5 Å². The van der Waals surface area contributed by atoms with Gasteiger partial charge in [0.1, 0.15) is 11.8 Å². The van der Waals surface area contributed by atoms with Gasteiger partial charge in [0, 0.05) is 19.1 Å². The maximum Gasteiger partial charge on any atom is 1.00 e. The molecule has 3 N–H and O–H groups in total. The molecule has 13 nitrogen and oxygen atoms in total. The molecule has 1 aliphatic heterocycles. The summed E-state index contributed by atoms with van der Waals surface area (Å²) in [4.78, 5) is 64.8. The van der Waals surface area contributed by atoms with Crippen LogP contribution in [0.3, 0.4) is 0 Å². The minimum atomic E-state index is -5.40. The number of hydrogen-bond donors (Lipinski definition) is 3. The second kappa shape index (κ2) is 23.7. The average Bonchev–Trinajstić information content (AvgIpc) is 3.08. The number of ether oxygens (including phenoxy) is 2. The van der Waals surface area contributed by atoms with Crippen molar-refractivity contribution >= 4 is 25.7 Å². The fourth-order valence-corrected chi connectivity index (χ4v) is 6.65. The fraction of sp³-hybridized carbons (Fsp3) is 0.447. The average molecular weight is 783 g/mol. The maximum absolute atomic E-state index is 14.1. The number of hydrogen-bond acceptors (Lipinski definition) is 9. The summed E-state index contributed by atoms with van der Waals surface area (Å²) >= 11 is 0. The van der Waals surface area contributed by atoms with E-state index in [-0.39, 0.29) is 96.4 Å². The number of para-hydroxylation sites is 1. The topological polar surface area (TPSA) is 181 Å². The van der Waals surface area contributed by atoms with Crippen LogP contribution in [0.5, 0.6) is 5.75 Å². The molecule has 4 atom stereocenters. The summed E-state index contributed by atoms with van der Waals surface area (Å²) in [6.07, 6.45) is 0.386. The van der Waals surface area contributed by atoms with E-state index >= 15 is 0 Å². The molecule has 0 spiro atoms. The van der Waals surface area contributed by atoms with Gasteiger partial charge in [0.05, 0.1) is 20.0 Å². The zero-order chi connectivity index (χ0) is 37.7. The quantitative estimate of drug-likeness (QED) is 0.0656. The summed E-state index contributed by atoms with van der Waals surface area (Å²) in [6, 6.07) is 21.9. The molecule has 0 radical (unpaired) electrons. The molecule has 0 unspecified atom stereocenters. The molecule has 3 aromatic carbocycles. The molecule has 3 aromatic rings. The van der Waals surface area contributed by atoms with E-state index < -0.39 is 44.8 Å². The standard InChI is InChI=1S/C38H51N4O9P.2Na/c1-26(2)35(42-20-12-19-39-38(42)45)37(44)40-31(21-29-15-7-5-8-16-29)23-33(50-25-51-52(46,47)48)32(22-30-17-9-6-10-18-30)41-34(43)24-49-36-27(3)13-11-14-28(36)4;;/h5-11,13-18,26,31-33,35H,12,19-25H2,1-4H3,(H,39,45)(H,40,44)(H,41,43)(H2,46,47,48);;/q;2*+1/p-2/t31-,32+,33+,35+;;/m1../s1. The molecule has 1 aliphatic rings. The van der Waals surface area contributed by atoms with Gasteiger partial charge in [0.25, 0.3) is 5.91 Å². The van der Waals surface area contributed by atoms with Crippen LogP contribution >= 0.6 is 7.82 Å². The van der Waals surface area contributed by atoms with Crippen molar-refractivity contribution < 1.29 is 102 Å². The van der Waals surface area contributed by atoms with Crippen LogP contribution in [0.4, 0.5) is 4.79 Å². The molecule has 0 bridgehead atoms. The van der Waals surface area contributed by atoms with Crippen LogP contribution in [-0.2, 0) is 36.3 Å². The summed E-state index contributed by atoms with van der Waals surface area (Å²) in [6.45, 7) is 7.26. The third-order valence-corrected chi connectivity index (χ3v) is 9.30. The summed E-state index contributed by atoms with van der Waals surface area (Å²) in [5, 5.41) is 8.95. The normalized spacial score (nSPS) is 15.1. The Morgan fingerprint density at radius 3 is 2.04 bits per heavy atom. The van der Waals surface area contributed by atoms with Crippen molar-refractivity contribution in [1.82, 2.24) is 20.9 Å². The molecule has 0 aromatic heterocycles. The van der Waals surface area contributed by atoms with Crippen molar-refractivity contribution in [3.8, 4) is 5.75 Å². The van der Waals surface area contributed by atoms with Crippen LogP contribution in [0, 0.1) is 19.8 Å². The number of aryl methyl sites for hydroxylation is 2. The first kappa shape index (κ1) is 47.9. The number of carbonyl (C=O) groups excluding carboxylic acids is 3. The first-order chi connectivity index (χ1) is 24.8. The molecule has 16 heteroatoms. The van der Waals surface area contributed by atoms with Crippen LogP contribution in [-0.4, -0.2) is 73.5 Å². The van der Waals surface area contributed by atoms with Gasteiger partial charge in [-0.25, -0.2) is 4.79 Å². The molecule has 0 aliphatic carbocycles. The Kier molecular flexibility index (Phi) is 21.0. The fourth-order valence-electron chi connectivity index (χ4n) is 6.46. The number of urea groups is 1. The number of benzene rings is 3. The molecule has 4 amide bonds. The summed E-state index contributed by atoms with van der Waals surface area (Å²) in [7, 11) is -5.40. The van der Waals surface area contributed by atoms with Crippen molar-refractivity contribution in [3.05, 3.63) is 101 Å². The van der Waals surface area contributed by atoms with Crippen molar-refractivity contribution in [2.45, 2.75) is 77.6 Å². The molecule has 4 rings (SSSR count).